The van der Waals surface area contributed by atoms with Crippen LogP contribution < -0.4 is 5.32 Å². The molecule has 0 bridgehead atoms. The van der Waals surface area contributed by atoms with Gasteiger partial charge in [-0.1, -0.05) is 18.2 Å². The van der Waals surface area contributed by atoms with Gasteiger partial charge in [0.25, 0.3) is 11.8 Å². The maximum Gasteiger partial charge on any atom is 0.265 e. The first-order valence-electron chi connectivity index (χ1n) is 8.33. The summed E-state index contributed by atoms with van der Waals surface area (Å²) in [5, 5.41) is 2.67. The van der Waals surface area contributed by atoms with Gasteiger partial charge in [0.15, 0.2) is 5.11 Å². The molecule has 1 N–H and O–H groups in total. The second-order valence-electron chi connectivity index (χ2n) is 6.58. The number of thiocarbonyl (C=S) groups is 1. The molecule has 2 heterocycles. The fraction of sp³-hybridized carbons (Fsp3) is 0.250. The van der Waals surface area contributed by atoms with Gasteiger partial charge in [0.05, 0.1) is 5.69 Å². The van der Waals surface area contributed by atoms with Crippen LogP contribution in [-0.4, -0.2) is 33.4 Å². The maximum atomic E-state index is 12.4. The Balaban J connectivity index is 2.14. The molecule has 1 aliphatic heterocycles. The van der Waals surface area contributed by atoms with Gasteiger partial charge in [0.1, 0.15) is 5.57 Å². The fourth-order valence-electron chi connectivity index (χ4n) is 3.34. The Morgan fingerprint density at radius 3 is 2.31 bits per heavy atom. The molecule has 2 aromatic rings. The smallest absolute Gasteiger partial charge is 0.265 e. The van der Waals surface area contributed by atoms with Gasteiger partial charge in [0.2, 0.25) is 0 Å². The molecule has 3 rings (SSSR count). The van der Waals surface area contributed by atoms with Gasteiger partial charge in [-0.15, -0.1) is 0 Å². The van der Waals surface area contributed by atoms with Crippen LogP contribution in [0.2, 0.25) is 0 Å². The second kappa shape index (κ2) is 6.53. The maximum absolute atomic E-state index is 12.4. The molecule has 134 valence electrons. The highest BCUT2D eigenvalue weighted by Crippen LogP contribution is 2.27. The first kappa shape index (κ1) is 18.1. The molecule has 1 aliphatic rings. The molecule has 1 saturated heterocycles. The van der Waals surface area contributed by atoms with Crippen LogP contribution in [0.5, 0.6) is 0 Å². The van der Waals surface area contributed by atoms with Crippen molar-refractivity contribution in [2.45, 2.75) is 27.7 Å². The quantitative estimate of drug-likeness (QED) is 0.504. The zero-order valence-corrected chi connectivity index (χ0v) is 16.3. The summed E-state index contributed by atoms with van der Waals surface area (Å²) in [5.41, 5.74) is 6.41. The van der Waals surface area contributed by atoms with Crippen molar-refractivity contribution in [2.24, 2.45) is 0 Å². The van der Waals surface area contributed by atoms with E-state index in [1.165, 1.54) is 16.0 Å². The number of hydrogen-bond donors (Lipinski definition) is 1. The second-order valence-corrected chi connectivity index (χ2v) is 6.97. The average Bonchev–Trinajstić information content (AvgIpc) is 2.84. The largest absolute Gasteiger partial charge is 0.317 e. The number of hydrogen-bond acceptors (Lipinski definition) is 3. The number of rotatable bonds is 2. The molecule has 5 nitrogen and oxygen atoms in total. The summed E-state index contributed by atoms with van der Waals surface area (Å²) in [6, 6.07) is 8.18. The standard InChI is InChI=1S/C20H21N3O2S/c1-11-7-6-8-12(2)17(11)23-13(3)9-15(14(23)4)10-16-18(24)21-20(26)22(5)19(16)25/h6-10H,1-5H3,(H,21,24,26). The summed E-state index contributed by atoms with van der Waals surface area (Å²) in [4.78, 5) is 25.9. The van der Waals surface area contributed by atoms with Gasteiger partial charge in [-0.25, -0.2) is 0 Å². The monoisotopic (exact) mass is 367 g/mol. The minimum Gasteiger partial charge on any atom is -0.317 e. The molecule has 0 radical (unpaired) electrons. The molecule has 2 amide bonds. The Kier molecular flexibility index (Phi) is 4.54. The number of aryl methyl sites for hydroxylation is 3. The van der Waals surface area contributed by atoms with E-state index >= 15 is 0 Å². The van der Waals surface area contributed by atoms with Crippen LogP contribution in [0.1, 0.15) is 28.1 Å². The molecule has 0 spiro atoms. The average molecular weight is 367 g/mol. The molecule has 0 atom stereocenters. The van der Waals surface area contributed by atoms with Crippen LogP contribution in [0.3, 0.4) is 0 Å². The zero-order chi connectivity index (χ0) is 19.2. The molecule has 0 saturated carbocycles. The fourth-order valence-corrected chi connectivity index (χ4v) is 3.51. The van der Waals surface area contributed by atoms with E-state index in [1.54, 1.807) is 13.1 Å². The highest BCUT2D eigenvalue weighted by Gasteiger charge is 2.31. The van der Waals surface area contributed by atoms with Crippen molar-refractivity contribution in [3.8, 4) is 5.69 Å². The first-order chi connectivity index (χ1) is 12.2. The molecule has 1 aromatic heterocycles. The Morgan fingerprint density at radius 1 is 1.08 bits per heavy atom. The van der Waals surface area contributed by atoms with E-state index in [-0.39, 0.29) is 10.7 Å². The van der Waals surface area contributed by atoms with Gasteiger partial charge in [0, 0.05) is 18.4 Å². The lowest BCUT2D eigenvalue weighted by Gasteiger charge is -2.25. The summed E-state index contributed by atoms with van der Waals surface area (Å²) in [6.07, 6.45) is 1.64. The van der Waals surface area contributed by atoms with Crippen molar-refractivity contribution in [3.05, 3.63) is 57.9 Å². The zero-order valence-electron chi connectivity index (χ0n) is 15.5. The molecular weight excluding hydrogens is 346 g/mol. The number of benzene rings is 1. The summed E-state index contributed by atoms with van der Waals surface area (Å²) < 4.78 is 2.16. The van der Waals surface area contributed by atoms with Crippen LogP contribution in [0.25, 0.3) is 11.8 Å². The van der Waals surface area contributed by atoms with Crippen molar-refractivity contribution in [1.82, 2.24) is 14.8 Å². The molecule has 26 heavy (non-hydrogen) atoms. The van der Waals surface area contributed by atoms with E-state index in [9.17, 15) is 9.59 Å². The van der Waals surface area contributed by atoms with Crippen LogP contribution in [0.15, 0.2) is 29.8 Å². The Labute approximate surface area is 158 Å². The Morgan fingerprint density at radius 2 is 1.69 bits per heavy atom. The number of para-hydroxylation sites is 1. The summed E-state index contributed by atoms with van der Waals surface area (Å²) in [5.74, 6) is -0.856. The van der Waals surface area contributed by atoms with Crippen LogP contribution >= 0.6 is 12.2 Å². The molecule has 0 unspecified atom stereocenters. The van der Waals surface area contributed by atoms with Gasteiger partial charge in [-0.2, -0.15) is 0 Å². The number of nitrogens with zero attached hydrogens (tertiary/aromatic N) is 2. The predicted octanol–water partition coefficient (Wildman–Crippen LogP) is 2.97. The summed E-state index contributed by atoms with van der Waals surface area (Å²) in [7, 11) is 1.55. The normalized spacial score (nSPS) is 16.4. The van der Waals surface area contributed by atoms with Crippen molar-refractivity contribution in [3.63, 3.8) is 0 Å². The van der Waals surface area contributed by atoms with Crippen molar-refractivity contribution >= 4 is 35.2 Å². The van der Waals surface area contributed by atoms with E-state index < -0.39 is 11.8 Å². The summed E-state index contributed by atoms with van der Waals surface area (Å²) >= 11 is 4.99. The molecule has 1 aromatic carbocycles. The highest BCUT2D eigenvalue weighted by atomic mass is 32.1. The number of amides is 2. The Bertz CT molecular complexity index is 965. The van der Waals surface area contributed by atoms with E-state index in [0.29, 0.717) is 0 Å². The third kappa shape index (κ3) is 2.86. The van der Waals surface area contributed by atoms with E-state index in [1.807, 2.05) is 26.0 Å². The van der Waals surface area contributed by atoms with Crippen LogP contribution in [0.4, 0.5) is 0 Å². The van der Waals surface area contributed by atoms with E-state index in [0.717, 1.165) is 22.6 Å². The van der Waals surface area contributed by atoms with E-state index in [2.05, 4.69) is 35.9 Å². The number of aromatic nitrogens is 1. The van der Waals surface area contributed by atoms with Crippen molar-refractivity contribution < 1.29 is 9.59 Å². The predicted molar refractivity (Wildman–Crippen MR) is 106 cm³/mol. The number of carbonyl (C=O) groups excluding carboxylic acids is 2. The van der Waals surface area contributed by atoms with Crippen LogP contribution in [-0.2, 0) is 9.59 Å². The minimum atomic E-state index is -0.463. The Hall–Kier alpha value is -2.73. The lowest BCUT2D eigenvalue weighted by atomic mass is 10.1. The number of nitrogens with one attached hydrogen (secondary N) is 1. The lowest BCUT2D eigenvalue weighted by molar-refractivity contribution is -0.128. The van der Waals surface area contributed by atoms with Crippen LogP contribution in [0, 0.1) is 27.7 Å². The first-order valence-corrected chi connectivity index (χ1v) is 8.73. The van der Waals surface area contributed by atoms with E-state index in [4.69, 9.17) is 12.2 Å². The highest BCUT2D eigenvalue weighted by molar-refractivity contribution is 7.80. The number of carbonyl (C=O) groups is 2. The van der Waals surface area contributed by atoms with Gasteiger partial charge < -0.3 is 4.57 Å². The third-order valence-corrected chi connectivity index (χ3v) is 5.11. The number of likely N-dealkylation sites (N-methyl/N-ethyl adjacent to an activating group) is 1. The SMILES string of the molecule is Cc1cccc(C)c1-n1c(C)cc(C=C2C(=O)NC(=S)N(C)C2=O)c1C. The van der Waals surface area contributed by atoms with Gasteiger partial charge in [-0.05, 0) is 68.7 Å². The minimum absolute atomic E-state index is 0.0860. The molecule has 1 fully saturated rings. The van der Waals surface area contributed by atoms with Crippen molar-refractivity contribution in [2.75, 3.05) is 7.05 Å². The summed E-state index contributed by atoms with van der Waals surface area (Å²) in [6.45, 7) is 8.16. The molecular formula is C20H21N3O2S. The molecule has 0 aliphatic carbocycles. The molecule has 6 heteroatoms. The topological polar surface area (TPSA) is 54.3 Å². The third-order valence-electron chi connectivity index (χ3n) is 4.74. The lowest BCUT2D eigenvalue weighted by Crippen LogP contribution is -2.52. The van der Waals surface area contributed by atoms with Gasteiger partial charge in [-0.3, -0.25) is 19.8 Å². The van der Waals surface area contributed by atoms with Crippen molar-refractivity contribution in [1.29, 1.82) is 0 Å². The van der Waals surface area contributed by atoms with Gasteiger partial charge >= 0.3 is 0 Å².